The molecule has 0 aliphatic rings. The molecule has 0 aliphatic carbocycles. The van der Waals surface area contributed by atoms with Crippen molar-refractivity contribution in [1.82, 2.24) is 19.9 Å². The topological polar surface area (TPSA) is 71.0 Å². The summed E-state index contributed by atoms with van der Waals surface area (Å²) < 4.78 is 0. The monoisotopic (exact) mass is 361 g/mol. The summed E-state index contributed by atoms with van der Waals surface area (Å²) in [6, 6.07) is 14.0. The number of nitrogens with zero attached hydrogens (tertiary/aromatic N) is 4. The molecular formula is C21H23N5O. The van der Waals surface area contributed by atoms with Crippen LogP contribution in [-0.2, 0) is 13.0 Å². The second kappa shape index (κ2) is 9.00. The van der Waals surface area contributed by atoms with Crippen LogP contribution in [0.25, 0.3) is 0 Å². The fraction of sp³-hybridized carbons (Fsp3) is 0.238. The van der Waals surface area contributed by atoms with Gasteiger partial charge in [0.05, 0.1) is 6.20 Å². The quantitative estimate of drug-likeness (QED) is 0.700. The fourth-order valence-electron chi connectivity index (χ4n) is 2.78. The molecule has 0 saturated carbocycles. The van der Waals surface area contributed by atoms with Gasteiger partial charge in [-0.2, -0.15) is 0 Å². The molecule has 3 rings (SSSR count). The number of carbonyl (C=O) groups is 1. The zero-order chi connectivity index (χ0) is 19.1. The number of rotatable bonds is 7. The Morgan fingerprint density at radius 1 is 1.11 bits per heavy atom. The number of carbonyl (C=O) groups excluding carboxylic acids is 1. The van der Waals surface area contributed by atoms with E-state index in [4.69, 9.17) is 0 Å². The lowest BCUT2D eigenvalue weighted by Crippen LogP contribution is -2.30. The molecule has 0 unspecified atom stereocenters. The largest absolute Gasteiger partial charge is 0.305 e. The van der Waals surface area contributed by atoms with E-state index in [1.165, 1.54) is 6.20 Å². The number of nitrogens with one attached hydrogen (secondary N) is 1. The number of hydrogen-bond acceptors (Lipinski definition) is 5. The van der Waals surface area contributed by atoms with Gasteiger partial charge in [-0.05, 0) is 43.8 Å². The van der Waals surface area contributed by atoms with Crippen LogP contribution in [0.5, 0.6) is 0 Å². The van der Waals surface area contributed by atoms with Crippen molar-refractivity contribution in [3.63, 3.8) is 0 Å². The van der Waals surface area contributed by atoms with Crippen LogP contribution in [0.2, 0.25) is 0 Å². The van der Waals surface area contributed by atoms with Gasteiger partial charge in [-0.15, -0.1) is 0 Å². The van der Waals surface area contributed by atoms with Crippen molar-refractivity contribution in [2.75, 3.05) is 12.4 Å². The molecule has 27 heavy (non-hydrogen) atoms. The molecule has 0 bridgehead atoms. The number of benzene rings is 1. The minimum atomic E-state index is -0.193. The molecule has 138 valence electrons. The second-order valence-electron chi connectivity index (χ2n) is 6.53. The Labute approximate surface area is 159 Å². The van der Waals surface area contributed by atoms with Gasteiger partial charge in [-0.1, -0.05) is 18.2 Å². The third-order valence-electron chi connectivity index (χ3n) is 4.41. The Bertz CT molecular complexity index is 870. The molecule has 3 aromatic rings. The molecule has 0 spiro atoms. The van der Waals surface area contributed by atoms with Crippen molar-refractivity contribution >= 4 is 11.7 Å². The predicted octanol–water partition coefficient (Wildman–Crippen LogP) is 3.19. The highest BCUT2D eigenvalue weighted by atomic mass is 16.1. The van der Waals surface area contributed by atoms with E-state index in [2.05, 4.69) is 39.1 Å². The van der Waals surface area contributed by atoms with E-state index < -0.39 is 0 Å². The summed E-state index contributed by atoms with van der Waals surface area (Å²) in [7, 11) is 2.08. The van der Waals surface area contributed by atoms with E-state index >= 15 is 0 Å². The fourth-order valence-corrected chi connectivity index (χ4v) is 2.78. The smallest absolute Gasteiger partial charge is 0.256 e. The standard InChI is InChI=1S/C21H23N5O/c1-16(12-19-8-3-4-9-23-19)26(2)15-17-6-5-7-18(13-17)21(27)25-20-14-22-10-11-24-20/h3-11,13-14,16H,12,15H2,1-2H3,(H,24,25,27)/t16-/m1/s1. The molecule has 2 aromatic heterocycles. The van der Waals surface area contributed by atoms with Crippen molar-refractivity contribution in [2.24, 2.45) is 0 Å². The van der Waals surface area contributed by atoms with Gasteiger partial charge in [0.25, 0.3) is 5.91 Å². The third-order valence-corrected chi connectivity index (χ3v) is 4.41. The Balaban J connectivity index is 1.62. The Hall–Kier alpha value is -3.12. The van der Waals surface area contributed by atoms with Gasteiger partial charge in [-0.25, -0.2) is 4.98 Å². The van der Waals surface area contributed by atoms with Crippen molar-refractivity contribution in [1.29, 1.82) is 0 Å². The third kappa shape index (κ3) is 5.43. The van der Waals surface area contributed by atoms with Crippen LogP contribution in [0.1, 0.15) is 28.5 Å². The lowest BCUT2D eigenvalue weighted by molar-refractivity contribution is 0.102. The van der Waals surface area contributed by atoms with Crippen molar-refractivity contribution in [3.05, 3.63) is 84.1 Å². The normalized spacial score (nSPS) is 12.0. The Morgan fingerprint density at radius 2 is 2.00 bits per heavy atom. The first kappa shape index (κ1) is 18.7. The molecule has 1 amide bonds. The molecule has 0 radical (unpaired) electrons. The highest BCUT2D eigenvalue weighted by Crippen LogP contribution is 2.13. The zero-order valence-electron chi connectivity index (χ0n) is 15.5. The number of hydrogen-bond donors (Lipinski definition) is 1. The van der Waals surface area contributed by atoms with E-state index in [-0.39, 0.29) is 5.91 Å². The maximum Gasteiger partial charge on any atom is 0.256 e. The lowest BCUT2D eigenvalue weighted by Gasteiger charge is -2.24. The zero-order valence-corrected chi connectivity index (χ0v) is 15.5. The summed E-state index contributed by atoms with van der Waals surface area (Å²) in [5.41, 5.74) is 2.76. The summed E-state index contributed by atoms with van der Waals surface area (Å²) in [6.45, 7) is 2.93. The number of amides is 1. The minimum absolute atomic E-state index is 0.193. The van der Waals surface area contributed by atoms with Crippen LogP contribution in [0.3, 0.4) is 0 Å². The van der Waals surface area contributed by atoms with Gasteiger partial charge in [0, 0.05) is 48.9 Å². The van der Waals surface area contributed by atoms with E-state index in [1.807, 2.05) is 42.6 Å². The maximum absolute atomic E-state index is 12.4. The van der Waals surface area contributed by atoms with E-state index in [0.717, 1.165) is 24.2 Å². The Kier molecular flexibility index (Phi) is 6.22. The summed E-state index contributed by atoms with van der Waals surface area (Å²) in [4.78, 5) is 27.1. The predicted molar refractivity (Wildman–Crippen MR) is 105 cm³/mol. The molecule has 1 N–H and O–H groups in total. The highest BCUT2D eigenvalue weighted by molar-refractivity contribution is 6.03. The molecular weight excluding hydrogens is 338 g/mol. The van der Waals surface area contributed by atoms with Crippen LogP contribution in [0.15, 0.2) is 67.3 Å². The SMILES string of the molecule is C[C@H](Cc1ccccn1)N(C)Cc1cccc(C(=O)Nc2cnccn2)c1. The van der Waals surface area contributed by atoms with Crippen molar-refractivity contribution in [2.45, 2.75) is 25.9 Å². The Morgan fingerprint density at radius 3 is 2.74 bits per heavy atom. The van der Waals surface area contributed by atoms with E-state index in [9.17, 15) is 4.79 Å². The van der Waals surface area contributed by atoms with Crippen LogP contribution < -0.4 is 5.32 Å². The van der Waals surface area contributed by atoms with Crippen LogP contribution >= 0.6 is 0 Å². The van der Waals surface area contributed by atoms with Crippen LogP contribution in [-0.4, -0.2) is 38.8 Å². The van der Waals surface area contributed by atoms with Gasteiger partial charge < -0.3 is 5.32 Å². The molecule has 1 aromatic carbocycles. The molecule has 0 fully saturated rings. The lowest BCUT2D eigenvalue weighted by atomic mass is 10.1. The first-order valence-corrected chi connectivity index (χ1v) is 8.88. The average molecular weight is 361 g/mol. The van der Waals surface area contributed by atoms with Gasteiger partial charge in [0.2, 0.25) is 0 Å². The van der Waals surface area contributed by atoms with E-state index in [1.54, 1.807) is 18.5 Å². The summed E-state index contributed by atoms with van der Waals surface area (Å²) in [6.07, 6.45) is 7.34. The van der Waals surface area contributed by atoms with Crippen LogP contribution in [0, 0.1) is 0 Å². The van der Waals surface area contributed by atoms with Gasteiger partial charge >= 0.3 is 0 Å². The molecule has 2 heterocycles. The minimum Gasteiger partial charge on any atom is -0.305 e. The maximum atomic E-state index is 12.4. The molecule has 1 atom stereocenters. The van der Waals surface area contributed by atoms with Crippen molar-refractivity contribution in [3.8, 4) is 0 Å². The molecule has 0 saturated heterocycles. The number of likely N-dealkylation sites (N-methyl/N-ethyl adjacent to an activating group) is 1. The summed E-state index contributed by atoms with van der Waals surface area (Å²) in [5, 5.41) is 2.76. The summed E-state index contributed by atoms with van der Waals surface area (Å²) >= 11 is 0. The van der Waals surface area contributed by atoms with Gasteiger partial charge in [0.15, 0.2) is 5.82 Å². The number of aromatic nitrogens is 3. The summed E-state index contributed by atoms with van der Waals surface area (Å²) in [5.74, 6) is 0.246. The molecule has 6 nitrogen and oxygen atoms in total. The second-order valence-corrected chi connectivity index (χ2v) is 6.53. The van der Waals surface area contributed by atoms with E-state index in [0.29, 0.717) is 17.4 Å². The first-order chi connectivity index (χ1) is 13.1. The van der Waals surface area contributed by atoms with Crippen LogP contribution in [0.4, 0.5) is 5.82 Å². The first-order valence-electron chi connectivity index (χ1n) is 8.88. The van der Waals surface area contributed by atoms with Gasteiger partial charge in [0.1, 0.15) is 0 Å². The highest BCUT2D eigenvalue weighted by Gasteiger charge is 2.13. The number of pyridine rings is 1. The average Bonchev–Trinajstić information content (AvgIpc) is 2.69. The molecule has 0 aliphatic heterocycles. The van der Waals surface area contributed by atoms with Gasteiger partial charge in [-0.3, -0.25) is 19.7 Å². The van der Waals surface area contributed by atoms with Crippen molar-refractivity contribution < 1.29 is 4.79 Å². The number of anilines is 1. The molecule has 6 heteroatoms.